The molecule has 3 heteroatoms. The van der Waals surface area contributed by atoms with Gasteiger partial charge in [0, 0.05) is 18.0 Å². The largest absolute Gasteiger partial charge is 0.297 e. The lowest BCUT2D eigenvalue weighted by molar-refractivity contribution is 0.193. The number of hydrogen-bond donors (Lipinski definition) is 0. The van der Waals surface area contributed by atoms with Gasteiger partial charge in [-0.1, -0.05) is 6.07 Å². The quantitative estimate of drug-likeness (QED) is 0.743. The van der Waals surface area contributed by atoms with E-state index in [2.05, 4.69) is 28.5 Å². The molecule has 1 aromatic rings. The molecule has 1 aliphatic heterocycles. The molecule has 2 nitrogen and oxygen atoms in total. The molecule has 74 valence electrons. The van der Waals surface area contributed by atoms with Gasteiger partial charge in [-0.3, -0.25) is 4.90 Å². The van der Waals surface area contributed by atoms with Crippen LogP contribution in [0.3, 0.4) is 0 Å². The van der Waals surface area contributed by atoms with E-state index in [0.717, 1.165) is 26.1 Å². The van der Waals surface area contributed by atoms with Crippen LogP contribution < -0.4 is 0 Å². The first-order chi connectivity index (χ1) is 6.88. The highest BCUT2D eigenvalue weighted by atomic mass is 32.1. The molecule has 1 unspecified atom stereocenters. The number of thiophene rings is 1. The summed E-state index contributed by atoms with van der Waals surface area (Å²) in [6.45, 7) is 3.13. The minimum absolute atomic E-state index is 0.253. The van der Waals surface area contributed by atoms with E-state index in [9.17, 15) is 0 Å². The second-order valence-corrected chi connectivity index (χ2v) is 4.81. The first-order valence-electron chi connectivity index (χ1n) is 5.03. The zero-order valence-electron chi connectivity index (χ0n) is 8.15. The van der Waals surface area contributed by atoms with Crippen LogP contribution in [0.5, 0.6) is 0 Å². The summed E-state index contributed by atoms with van der Waals surface area (Å²) in [5, 5.41) is 11.0. The van der Waals surface area contributed by atoms with Crippen LogP contribution in [-0.2, 0) is 6.54 Å². The Kier molecular flexibility index (Phi) is 3.18. The lowest BCUT2D eigenvalue weighted by atomic mass is 10.00. The summed E-state index contributed by atoms with van der Waals surface area (Å²) < 4.78 is 0. The zero-order valence-corrected chi connectivity index (χ0v) is 8.96. The van der Waals surface area contributed by atoms with Gasteiger partial charge < -0.3 is 0 Å². The molecule has 1 aliphatic rings. The van der Waals surface area contributed by atoms with Crippen molar-refractivity contribution in [3.63, 3.8) is 0 Å². The van der Waals surface area contributed by atoms with Crippen molar-refractivity contribution in [3.05, 3.63) is 22.4 Å². The number of rotatable bonds is 2. The van der Waals surface area contributed by atoms with Gasteiger partial charge in [-0.05, 0) is 30.8 Å². The Morgan fingerprint density at radius 3 is 3.29 bits per heavy atom. The fourth-order valence-electron chi connectivity index (χ4n) is 1.93. The van der Waals surface area contributed by atoms with Crippen molar-refractivity contribution < 1.29 is 0 Å². The molecule has 1 aromatic heterocycles. The van der Waals surface area contributed by atoms with Crippen molar-refractivity contribution in [3.8, 4) is 6.07 Å². The predicted molar refractivity (Wildman–Crippen MR) is 57.9 cm³/mol. The number of likely N-dealkylation sites (tertiary alicyclic amines) is 1. The Hall–Kier alpha value is -0.850. The van der Waals surface area contributed by atoms with Gasteiger partial charge in [0.2, 0.25) is 0 Å². The maximum atomic E-state index is 8.86. The van der Waals surface area contributed by atoms with Gasteiger partial charge in [0.05, 0.1) is 12.0 Å². The summed E-state index contributed by atoms with van der Waals surface area (Å²) in [6.07, 6.45) is 2.25. The Bertz CT molecular complexity index is 313. The molecular weight excluding hydrogens is 192 g/mol. The Morgan fingerprint density at radius 2 is 2.57 bits per heavy atom. The van der Waals surface area contributed by atoms with Gasteiger partial charge in [-0.2, -0.15) is 5.26 Å². The van der Waals surface area contributed by atoms with E-state index in [1.54, 1.807) is 11.3 Å². The molecule has 0 N–H and O–H groups in total. The Morgan fingerprint density at radius 1 is 1.64 bits per heavy atom. The van der Waals surface area contributed by atoms with Crippen molar-refractivity contribution in [1.29, 1.82) is 5.26 Å². The van der Waals surface area contributed by atoms with E-state index in [0.29, 0.717) is 0 Å². The maximum Gasteiger partial charge on any atom is 0.0669 e. The van der Waals surface area contributed by atoms with Gasteiger partial charge in [0.15, 0.2) is 0 Å². The molecule has 14 heavy (non-hydrogen) atoms. The zero-order chi connectivity index (χ0) is 9.80. The molecule has 0 aromatic carbocycles. The average Bonchev–Trinajstić information content (AvgIpc) is 2.71. The van der Waals surface area contributed by atoms with E-state index in [-0.39, 0.29) is 5.92 Å². The van der Waals surface area contributed by atoms with E-state index >= 15 is 0 Å². The van der Waals surface area contributed by atoms with Crippen molar-refractivity contribution in [1.82, 2.24) is 4.90 Å². The van der Waals surface area contributed by atoms with Crippen LogP contribution in [0, 0.1) is 17.2 Å². The van der Waals surface area contributed by atoms with Crippen LogP contribution in [0.15, 0.2) is 17.5 Å². The van der Waals surface area contributed by atoms with Crippen molar-refractivity contribution >= 4 is 11.3 Å². The summed E-state index contributed by atoms with van der Waals surface area (Å²) in [6, 6.07) is 6.63. The summed E-state index contributed by atoms with van der Waals surface area (Å²) >= 11 is 1.80. The topological polar surface area (TPSA) is 27.0 Å². The summed E-state index contributed by atoms with van der Waals surface area (Å²) in [5.41, 5.74) is 0. The summed E-state index contributed by atoms with van der Waals surface area (Å²) in [4.78, 5) is 3.80. The van der Waals surface area contributed by atoms with Crippen LogP contribution in [0.2, 0.25) is 0 Å². The number of piperidine rings is 1. The first-order valence-corrected chi connectivity index (χ1v) is 5.91. The lowest BCUT2D eigenvalue weighted by Gasteiger charge is -2.28. The summed E-state index contributed by atoms with van der Waals surface area (Å²) in [7, 11) is 0. The maximum absolute atomic E-state index is 8.86. The first kappa shape index (κ1) is 9.70. The van der Waals surface area contributed by atoms with Crippen LogP contribution in [-0.4, -0.2) is 18.0 Å². The molecule has 0 spiro atoms. The Balaban J connectivity index is 1.90. The third kappa shape index (κ3) is 2.34. The lowest BCUT2D eigenvalue weighted by Crippen LogP contribution is -2.34. The molecule has 0 amide bonds. The SMILES string of the molecule is N#CC1CCCN(Cc2cccs2)C1. The van der Waals surface area contributed by atoms with Crippen molar-refractivity contribution in [2.75, 3.05) is 13.1 Å². The van der Waals surface area contributed by atoms with Crippen LogP contribution in [0.25, 0.3) is 0 Å². The molecule has 0 radical (unpaired) electrons. The average molecular weight is 206 g/mol. The number of nitriles is 1. The van der Waals surface area contributed by atoms with Gasteiger partial charge in [-0.25, -0.2) is 0 Å². The van der Waals surface area contributed by atoms with Crippen LogP contribution >= 0.6 is 11.3 Å². The minimum atomic E-state index is 0.253. The molecule has 0 aliphatic carbocycles. The number of nitrogens with zero attached hydrogens (tertiary/aromatic N) is 2. The Labute approximate surface area is 88.8 Å². The minimum Gasteiger partial charge on any atom is -0.297 e. The molecule has 1 atom stereocenters. The highest BCUT2D eigenvalue weighted by Gasteiger charge is 2.19. The molecular formula is C11H14N2S. The van der Waals surface area contributed by atoms with Crippen LogP contribution in [0.1, 0.15) is 17.7 Å². The van der Waals surface area contributed by atoms with Gasteiger partial charge in [0.1, 0.15) is 0 Å². The molecule has 2 heterocycles. The fraction of sp³-hybridized carbons (Fsp3) is 0.545. The van der Waals surface area contributed by atoms with Crippen LogP contribution in [0.4, 0.5) is 0 Å². The molecule has 0 saturated carbocycles. The van der Waals surface area contributed by atoms with Gasteiger partial charge in [-0.15, -0.1) is 11.3 Å². The van der Waals surface area contributed by atoms with E-state index in [4.69, 9.17) is 5.26 Å². The van der Waals surface area contributed by atoms with Crippen molar-refractivity contribution in [2.24, 2.45) is 5.92 Å². The second-order valence-electron chi connectivity index (χ2n) is 3.78. The van der Waals surface area contributed by atoms with Gasteiger partial charge in [0.25, 0.3) is 0 Å². The highest BCUT2D eigenvalue weighted by molar-refractivity contribution is 7.09. The van der Waals surface area contributed by atoms with E-state index in [1.165, 1.54) is 11.3 Å². The molecule has 1 fully saturated rings. The second kappa shape index (κ2) is 4.59. The third-order valence-electron chi connectivity index (χ3n) is 2.65. The molecule has 2 rings (SSSR count). The fourth-order valence-corrected chi connectivity index (χ4v) is 2.67. The third-order valence-corrected chi connectivity index (χ3v) is 3.51. The summed E-state index contributed by atoms with van der Waals surface area (Å²) in [5.74, 6) is 0.253. The monoisotopic (exact) mass is 206 g/mol. The smallest absolute Gasteiger partial charge is 0.0669 e. The standard InChI is InChI=1S/C11H14N2S/c12-7-10-3-1-5-13(8-10)9-11-4-2-6-14-11/h2,4,6,10H,1,3,5,8-9H2. The molecule has 1 saturated heterocycles. The van der Waals surface area contributed by atoms with Crippen molar-refractivity contribution in [2.45, 2.75) is 19.4 Å². The normalized spacial score (nSPS) is 23.2. The predicted octanol–water partition coefficient (Wildman–Crippen LogP) is 2.48. The highest BCUT2D eigenvalue weighted by Crippen LogP contribution is 2.19. The van der Waals surface area contributed by atoms with Gasteiger partial charge >= 0.3 is 0 Å². The number of hydrogen-bond acceptors (Lipinski definition) is 3. The van der Waals surface area contributed by atoms with E-state index < -0.39 is 0 Å². The van der Waals surface area contributed by atoms with E-state index in [1.807, 2.05) is 0 Å². The molecule has 0 bridgehead atoms.